The molecule has 0 spiro atoms. The molecular weight excluding hydrogens is 289 g/mol. The molecule has 0 amide bonds. The van der Waals surface area contributed by atoms with Crippen LogP contribution in [0.25, 0.3) is 0 Å². The first-order chi connectivity index (χ1) is 10.8. The molecule has 1 N–H and O–H groups in total. The Kier molecular flexibility index (Phi) is 3.22. The second-order valence-corrected chi connectivity index (χ2v) is 9.12. The summed E-state index contributed by atoms with van der Waals surface area (Å²) in [7, 11) is 0. The molecular formula is C20H28FNO. The molecule has 0 bridgehead atoms. The number of hydrogen-bond donors (Lipinski definition) is 1. The van der Waals surface area contributed by atoms with E-state index < -0.39 is 11.6 Å². The van der Waals surface area contributed by atoms with Crippen LogP contribution in [0.3, 0.4) is 0 Å². The Morgan fingerprint density at radius 1 is 1.22 bits per heavy atom. The second kappa shape index (κ2) is 4.77. The smallest absolute Gasteiger partial charge is 0.142 e. The number of fused-ring (bicyclic) bond motifs is 5. The van der Waals surface area contributed by atoms with Gasteiger partial charge in [0.05, 0.1) is 0 Å². The predicted molar refractivity (Wildman–Crippen MR) is 89.3 cm³/mol. The summed E-state index contributed by atoms with van der Waals surface area (Å²) in [5.41, 5.74) is 1.78. The number of carbonyl (C=O) groups is 1. The van der Waals surface area contributed by atoms with Gasteiger partial charge in [-0.15, -0.1) is 0 Å². The third kappa shape index (κ3) is 1.91. The van der Waals surface area contributed by atoms with Crippen LogP contribution in [-0.2, 0) is 4.79 Å². The molecule has 0 aliphatic heterocycles. The minimum absolute atomic E-state index is 0.107. The van der Waals surface area contributed by atoms with Crippen LogP contribution in [0.15, 0.2) is 12.2 Å². The van der Waals surface area contributed by atoms with Crippen molar-refractivity contribution in [3.05, 3.63) is 12.2 Å². The third-order valence-corrected chi connectivity index (χ3v) is 8.15. The van der Waals surface area contributed by atoms with Crippen molar-refractivity contribution in [3.8, 4) is 0 Å². The van der Waals surface area contributed by atoms with E-state index in [0.717, 1.165) is 44.2 Å². The van der Waals surface area contributed by atoms with Crippen molar-refractivity contribution >= 4 is 11.5 Å². The highest BCUT2D eigenvalue weighted by Crippen LogP contribution is 2.66. The zero-order valence-corrected chi connectivity index (χ0v) is 14.3. The molecule has 4 saturated carbocycles. The summed E-state index contributed by atoms with van der Waals surface area (Å²) < 4.78 is 14.8. The Morgan fingerprint density at radius 3 is 2.70 bits per heavy atom. The van der Waals surface area contributed by atoms with Gasteiger partial charge in [0.25, 0.3) is 0 Å². The van der Waals surface area contributed by atoms with E-state index in [2.05, 4.69) is 13.5 Å². The van der Waals surface area contributed by atoms with Crippen molar-refractivity contribution in [3.63, 3.8) is 0 Å². The van der Waals surface area contributed by atoms with E-state index in [1.807, 2.05) is 6.92 Å². The van der Waals surface area contributed by atoms with Gasteiger partial charge in [-0.3, -0.25) is 4.79 Å². The molecule has 0 aromatic carbocycles. The molecule has 4 aliphatic rings. The maximum Gasteiger partial charge on any atom is 0.142 e. The van der Waals surface area contributed by atoms with Crippen LogP contribution >= 0.6 is 0 Å². The lowest BCUT2D eigenvalue weighted by Crippen LogP contribution is -2.55. The third-order valence-electron chi connectivity index (χ3n) is 8.15. The first-order valence-corrected chi connectivity index (χ1v) is 9.18. The Bertz CT molecular complexity index is 598. The molecule has 3 heteroatoms. The van der Waals surface area contributed by atoms with Gasteiger partial charge in [-0.1, -0.05) is 26.0 Å². The Hall–Kier alpha value is -0.990. The summed E-state index contributed by atoms with van der Waals surface area (Å²) in [4.78, 5) is 12.4. The molecule has 126 valence electrons. The fourth-order valence-corrected chi connectivity index (χ4v) is 6.85. The van der Waals surface area contributed by atoms with Crippen molar-refractivity contribution in [2.24, 2.45) is 34.5 Å². The highest BCUT2D eigenvalue weighted by atomic mass is 19.1. The van der Waals surface area contributed by atoms with E-state index in [1.54, 1.807) is 0 Å². The Morgan fingerprint density at radius 2 is 1.96 bits per heavy atom. The van der Waals surface area contributed by atoms with Gasteiger partial charge in [0.2, 0.25) is 0 Å². The number of hydrogen-bond acceptors (Lipinski definition) is 2. The number of ketones is 1. The molecule has 5 unspecified atom stereocenters. The summed E-state index contributed by atoms with van der Waals surface area (Å²) >= 11 is 0. The summed E-state index contributed by atoms with van der Waals surface area (Å²) in [5, 5.41) is 8.08. The van der Waals surface area contributed by atoms with E-state index >= 15 is 0 Å². The topological polar surface area (TPSA) is 40.9 Å². The molecule has 0 aromatic heterocycles. The second-order valence-electron chi connectivity index (χ2n) is 9.12. The maximum atomic E-state index is 14.8. The summed E-state index contributed by atoms with van der Waals surface area (Å²) in [6, 6.07) is 0. The standard InChI is InChI=1S/C20H28FNO/c1-11-8-13-14(19(2)6-4-12(22)9-15(11)19)5-7-20(3)17(23)10-16(21)18(13)20/h13-16,18,22H,1,4-10H2,2-3H3/t13?,14?,15?,16?,18?,19-,20-/m1/s1. The molecule has 0 radical (unpaired) electrons. The quantitative estimate of drug-likeness (QED) is 0.645. The predicted octanol–water partition coefficient (Wildman–Crippen LogP) is 4.73. The lowest BCUT2D eigenvalue weighted by molar-refractivity contribution is -0.135. The average Bonchev–Trinajstić information content (AvgIpc) is 2.71. The normalized spacial score (nSPS) is 52.8. The first kappa shape index (κ1) is 15.5. The molecule has 7 atom stereocenters. The van der Waals surface area contributed by atoms with E-state index in [9.17, 15) is 9.18 Å². The highest BCUT2D eigenvalue weighted by molar-refractivity contribution is 5.88. The molecule has 4 aliphatic carbocycles. The summed E-state index contributed by atoms with van der Waals surface area (Å²) in [6.07, 6.45) is 4.68. The van der Waals surface area contributed by atoms with Gasteiger partial charge < -0.3 is 5.41 Å². The van der Waals surface area contributed by atoms with Gasteiger partial charge in [0.15, 0.2) is 0 Å². The fourth-order valence-electron chi connectivity index (χ4n) is 6.85. The lowest BCUT2D eigenvalue weighted by atomic mass is 9.44. The first-order valence-electron chi connectivity index (χ1n) is 9.18. The van der Waals surface area contributed by atoms with Crippen LogP contribution in [0.4, 0.5) is 4.39 Å². The number of carbonyl (C=O) groups excluding carboxylic acids is 1. The summed E-state index contributed by atoms with van der Waals surface area (Å²) in [6.45, 7) is 8.72. The number of nitrogens with one attached hydrogen (secondary N) is 1. The molecule has 2 nitrogen and oxygen atoms in total. The number of allylic oxidation sites excluding steroid dienone is 1. The molecule has 0 saturated heterocycles. The van der Waals surface area contributed by atoms with Gasteiger partial charge >= 0.3 is 0 Å². The molecule has 23 heavy (non-hydrogen) atoms. The van der Waals surface area contributed by atoms with Crippen LogP contribution in [0.2, 0.25) is 0 Å². The number of Topliss-reactive ketones (excluding diaryl/α,β-unsaturated/α-hetero) is 1. The van der Waals surface area contributed by atoms with Crippen molar-refractivity contribution in [1.29, 1.82) is 5.41 Å². The number of rotatable bonds is 0. The number of halogens is 1. The maximum absolute atomic E-state index is 14.8. The molecule has 0 aromatic rings. The highest BCUT2D eigenvalue weighted by Gasteiger charge is 2.63. The van der Waals surface area contributed by atoms with Gasteiger partial charge in [-0.05, 0) is 61.7 Å². The van der Waals surface area contributed by atoms with Crippen LogP contribution in [0.5, 0.6) is 0 Å². The minimum atomic E-state index is -0.963. The SMILES string of the molecule is C=C1CC2C(CC[C@]3(C)C(=O)CC(F)C23)[C@@]2(C)CCC(=N)CC12. The van der Waals surface area contributed by atoms with Gasteiger partial charge in [0.1, 0.15) is 12.0 Å². The summed E-state index contributed by atoms with van der Waals surface area (Å²) in [5.74, 6) is 1.20. The van der Waals surface area contributed by atoms with E-state index in [4.69, 9.17) is 5.41 Å². The molecule has 4 fully saturated rings. The largest absolute Gasteiger partial charge is 0.310 e. The molecule has 0 heterocycles. The van der Waals surface area contributed by atoms with Crippen LogP contribution in [-0.4, -0.2) is 17.7 Å². The van der Waals surface area contributed by atoms with Crippen LogP contribution in [0.1, 0.15) is 58.8 Å². The van der Waals surface area contributed by atoms with E-state index in [-0.39, 0.29) is 29.5 Å². The minimum Gasteiger partial charge on any atom is -0.310 e. The van der Waals surface area contributed by atoms with E-state index in [1.165, 1.54) is 5.57 Å². The Labute approximate surface area is 138 Å². The van der Waals surface area contributed by atoms with Crippen molar-refractivity contribution in [1.82, 2.24) is 0 Å². The average molecular weight is 317 g/mol. The zero-order valence-electron chi connectivity index (χ0n) is 14.3. The lowest BCUT2D eigenvalue weighted by Gasteiger charge is -2.60. The van der Waals surface area contributed by atoms with E-state index in [0.29, 0.717) is 11.8 Å². The van der Waals surface area contributed by atoms with Crippen molar-refractivity contribution in [2.45, 2.75) is 65.0 Å². The fraction of sp³-hybridized carbons (Fsp3) is 0.800. The Balaban J connectivity index is 1.73. The van der Waals surface area contributed by atoms with Crippen molar-refractivity contribution < 1.29 is 9.18 Å². The van der Waals surface area contributed by atoms with Gasteiger partial charge in [-0.2, -0.15) is 0 Å². The number of alkyl halides is 1. The monoisotopic (exact) mass is 317 g/mol. The van der Waals surface area contributed by atoms with Crippen LogP contribution in [0, 0.1) is 39.9 Å². The van der Waals surface area contributed by atoms with Crippen LogP contribution < -0.4 is 0 Å². The van der Waals surface area contributed by atoms with Crippen molar-refractivity contribution in [2.75, 3.05) is 0 Å². The molecule has 4 rings (SSSR count). The zero-order chi connectivity index (χ0) is 16.6. The van der Waals surface area contributed by atoms with Gasteiger partial charge in [-0.25, -0.2) is 4.39 Å². The van der Waals surface area contributed by atoms with Gasteiger partial charge in [0, 0.05) is 23.5 Å².